The van der Waals surface area contributed by atoms with Crippen molar-refractivity contribution in [3.05, 3.63) is 58.4 Å². The second-order valence-corrected chi connectivity index (χ2v) is 6.00. The summed E-state index contributed by atoms with van der Waals surface area (Å²) in [4.78, 5) is 15.4. The molecule has 0 aliphatic heterocycles. The number of hydrogen-bond donors (Lipinski definition) is 3. The van der Waals surface area contributed by atoms with Gasteiger partial charge in [-0.05, 0) is 41.4 Å². The molecule has 1 unspecified atom stereocenters. The first-order chi connectivity index (χ1) is 10.1. The molecule has 1 aromatic carbocycles. The van der Waals surface area contributed by atoms with E-state index in [0.29, 0.717) is 5.56 Å². The van der Waals surface area contributed by atoms with E-state index in [1.807, 2.05) is 41.2 Å². The summed E-state index contributed by atoms with van der Waals surface area (Å²) in [6.07, 6.45) is 1.81. The Morgan fingerprint density at radius 2 is 2.24 bits per heavy atom. The number of carbonyl (C=O) groups excluding carboxylic acids is 1. The molecule has 0 radical (unpaired) electrons. The summed E-state index contributed by atoms with van der Waals surface area (Å²) in [5.74, 6) is -0.196. The highest BCUT2D eigenvalue weighted by Crippen LogP contribution is 2.22. The fourth-order valence-electron chi connectivity index (χ4n) is 2.29. The third-order valence-corrected chi connectivity index (χ3v) is 4.25. The highest BCUT2D eigenvalue weighted by Gasteiger charge is 2.24. The predicted octanol–water partition coefficient (Wildman–Crippen LogP) is 2.87. The van der Waals surface area contributed by atoms with Gasteiger partial charge in [-0.25, -0.2) is 0 Å². The van der Waals surface area contributed by atoms with Gasteiger partial charge in [0, 0.05) is 11.6 Å². The average molecular weight is 300 g/mol. The van der Waals surface area contributed by atoms with Crippen molar-refractivity contribution < 1.29 is 9.90 Å². The van der Waals surface area contributed by atoms with Crippen LogP contribution in [-0.4, -0.2) is 22.5 Å². The molecule has 5 heteroatoms. The fourth-order valence-corrected chi connectivity index (χ4v) is 3.08. The maximum atomic E-state index is 12.3. The lowest BCUT2D eigenvalue weighted by molar-refractivity contribution is 0.0530. The molecule has 4 nitrogen and oxygen atoms in total. The van der Waals surface area contributed by atoms with Crippen LogP contribution in [0.2, 0.25) is 0 Å². The summed E-state index contributed by atoms with van der Waals surface area (Å²) < 4.78 is 0. The van der Waals surface area contributed by atoms with Gasteiger partial charge in [0.15, 0.2) is 0 Å². The summed E-state index contributed by atoms with van der Waals surface area (Å²) in [6.45, 7) is 1.87. The molecule has 1 atom stereocenters. The van der Waals surface area contributed by atoms with Gasteiger partial charge >= 0.3 is 0 Å². The van der Waals surface area contributed by atoms with E-state index in [0.717, 1.165) is 16.5 Å². The van der Waals surface area contributed by atoms with Crippen LogP contribution in [0.15, 0.2) is 47.3 Å². The first kappa shape index (κ1) is 13.9. The zero-order valence-electron chi connectivity index (χ0n) is 11.6. The lowest BCUT2D eigenvalue weighted by atomic mass is 9.99. The molecule has 0 aliphatic carbocycles. The van der Waals surface area contributed by atoms with Crippen molar-refractivity contribution >= 4 is 28.1 Å². The molecule has 0 aliphatic rings. The quantitative estimate of drug-likeness (QED) is 0.693. The van der Waals surface area contributed by atoms with Gasteiger partial charge < -0.3 is 15.4 Å². The normalized spacial score (nSPS) is 14.0. The van der Waals surface area contributed by atoms with Crippen LogP contribution in [0, 0.1) is 0 Å². The number of carbonyl (C=O) groups is 1. The van der Waals surface area contributed by atoms with Crippen LogP contribution in [0.25, 0.3) is 10.9 Å². The second kappa shape index (κ2) is 5.35. The number of hydrogen-bond acceptors (Lipinski definition) is 3. The predicted molar refractivity (Wildman–Crippen MR) is 84.5 cm³/mol. The zero-order chi connectivity index (χ0) is 14.9. The summed E-state index contributed by atoms with van der Waals surface area (Å²) >= 11 is 1.52. The van der Waals surface area contributed by atoms with Crippen LogP contribution in [0.4, 0.5) is 0 Å². The standard InChI is InChI=1S/C16H16N2O2S/c1-16(20,12-6-8-21-9-12)10-18-15(19)13-4-2-3-11-5-7-17-14(11)13/h2-9,17,20H,10H2,1H3,(H,18,19). The van der Waals surface area contributed by atoms with Crippen LogP contribution in [0.5, 0.6) is 0 Å². The molecule has 0 saturated carbocycles. The van der Waals surface area contributed by atoms with Crippen molar-refractivity contribution in [3.8, 4) is 0 Å². The molecule has 108 valence electrons. The minimum atomic E-state index is -1.07. The summed E-state index contributed by atoms with van der Waals surface area (Å²) in [6, 6.07) is 9.36. The monoisotopic (exact) mass is 300 g/mol. The fraction of sp³-hybridized carbons (Fsp3) is 0.188. The smallest absolute Gasteiger partial charge is 0.253 e. The molecule has 3 N–H and O–H groups in total. The van der Waals surface area contributed by atoms with E-state index < -0.39 is 5.60 Å². The van der Waals surface area contributed by atoms with Gasteiger partial charge in [0.2, 0.25) is 0 Å². The van der Waals surface area contributed by atoms with E-state index in [1.165, 1.54) is 11.3 Å². The number of nitrogens with one attached hydrogen (secondary N) is 2. The third kappa shape index (κ3) is 2.70. The van der Waals surface area contributed by atoms with E-state index in [4.69, 9.17) is 0 Å². The van der Waals surface area contributed by atoms with E-state index >= 15 is 0 Å². The molecule has 1 amide bonds. The molecule has 21 heavy (non-hydrogen) atoms. The minimum absolute atomic E-state index is 0.166. The number of amides is 1. The van der Waals surface area contributed by atoms with E-state index in [9.17, 15) is 9.90 Å². The molecule has 2 heterocycles. The lowest BCUT2D eigenvalue weighted by Crippen LogP contribution is -2.38. The SMILES string of the molecule is CC(O)(CNC(=O)c1cccc2cc[nH]c12)c1ccsc1. The number of H-pyrrole nitrogens is 1. The Bertz CT molecular complexity index is 760. The Balaban J connectivity index is 1.77. The van der Waals surface area contributed by atoms with E-state index in [2.05, 4.69) is 10.3 Å². The maximum absolute atomic E-state index is 12.3. The Morgan fingerprint density at radius 1 is 1.38 bits per heavy atom. The largest absolute Gasteiger partial charge is 0.384 e. The van der Waals surface area contributed by atoms with Gasteiger partial charge in [0.1, 0.15) is 5.60 Å². The number of thiophene rings is 1. The van der Waals surface area contributed by atoms with Gasteiger partial charge in [0.25, 0.3) is 5.91 Å². The van der Waals surface area contributed by atoms with Crippen LogP contribution in [-0.2, 0) is 5.60 Å². The molecule has 0 spiro atoms. The number of benzene rings is 1. The number of rotatable bonds is 4. The maximum Gasteiger partial charge on any atom is 0.253 e. The van der Waals surface area contributed by atoms with Crippen LogP contribution in [0.1, 0.15) is 22.8 Å². The van der Waals surface area contributed by atoms with Crippen molar-refractivity contribution in [1.82, 2.24) is 10.3 Å². The van der Waals surface area contributed by atoms with Crippen molar-refractivity contribution in [2.45, 2.75) is 12.5 Å². The topological polar surface area (TPSA) is 65.1 Å². The Morgan fingerprint density at radius 3 is 3.00 bits per heavy atom. The first-order valence-corrected chi connectivity index (χ1v) is 7.61. The second-order valence-electron chi connectivity index (χ2n) is 5.22. The van der Waals surface area contributed by atoms with Crippen molar-refractivity contribution in [2.75, 3.05) is 6.54 Å². The van der Waals surface area contributed by atoms with Crippen LogP contribution in [0.3, 0.4) is 0 Å². The van der Waals surface area contributed by atoms with Crippen LogP contribution >= 0.6 is 11.3 Å². The third-order valence-electron chi connectivity index (χ3n) is 3.57. The lowest BCUT2D eigenvalue weighted by Gasteiger charge is -2.22. The van der Waals surface area contributed by atoms with Gasteiger partial charge in [-0.1, -0.05) is 12.1 Å². The average Bonchev–Trinajstić information content (AvgIpc) is 3.14. The van der Waals surface area contributed by atoms with Crippen molar-refractivity contribution in [2.24, 2.45) is 0 Å². The molecule has 3 rings (SSSR count). The molecule has 0 bridgehead atoms. The highest BCUT2D eigenvalue weighted by molar-refractivity contribution is 7.08. The summed E-state index contributed by atoms with van der Waals surface area (Å²) in [7, 11) is 0. The molecule has 0 fully saturated rings. The summed E-state index contributed by atoms with van der Waals surface area (Å²) in [5, 5.41) is 18.0. The number of aliphatic hydroxyl groups is 1. The Kier molecular flexibility index (Phi) is 3.53. The zero-order valence-corrected chi connectivity index (χ0v) is 12.4. The molecule has 0 saturated heterocycles. The van der Waals surface area contributed by atoms with E-state index in [-0.39, 0.29) is 12.5 Å². The van der Waals surface area contributed by atoms with Gasteiger partial charge in [-0.15, -0.1) is 0 Å². The number of aromatic nitrogens is 1. The van der Waals surface area contributed by atoms with Crippen LogP contribution < -0.4 is 5.32 Å². The molecule has 2 aromatic heterocycles. The number of para-hydroxylation sites is 1. The molecular formula is C16H16N2O2S. The van der Waals surface area contributed by atoms with E-state index in [1.54, 1.807) is 13.0 Å². The number of aromatic amines is 1. The van der Waals surface area contributed by atoms with Gasteiger partial charge in [-0.3, -0.25) is 4.79 Å². The Labute approximate surface area is 126 Å². The van der Waals surface area contributed by atoms with Crippen molar-refractivity contribution in [3.63, 3.8) is 0 Å². The first-order valence-electron chi connectivity index (χ1n) is 6.67. The molecule has 3 aromatic rings. The van der Waals surface area contributed by atoms with Gasteiger partial charge in [0.05, 0.1) is 17.6 Å². The minimum Gasteiger partial charge on any atom is -0.384 e. The number of fused-ring (bicyclic) bond motifs is 1. The van der Waals surface area contributed by atoms with Gasteiger partial charge in [-0.2, -0.15) is 11.3 Å². The summed E-state index contributed by atoms with van der Waals surface area (Å²) in [5.41, 5.74) is 1.13. The highest BCUT2D eigenvalue weighted by atomic mass is 32.1. The Hall–Kier alpha value is -2.11. The molecular weight excluding hydrogens is 284 g/mol. The van der Waals surface area contributed by atoms with Crippen molar-refractivity contribution in [1.29, 1.82) is 0 Å².